The number of anilines is 1. The lowest BCUT2D eigenvalue weighted by molar-refractivity contribution is -0.156. The van der Waals surface area contributed by atoms with E-state index in [1.807, 2.05) is 32.9 Å². The van der Waals surface area contributed by atoms with Crippen molar-refractivity contribution in [3.8, 4) is 11.4 Å². The number of ether oxygens (including phenoxy) is 1. The molecule has 0 radical (unpaired) electrons. The van der Waals surface area contributed by atoms with Crippen LogP contribution in [-0.4, -0.2) is 39.1 Å². The summed E-state index contributed by atoms with van der Waals surface area (Å²) in [5.74, 6) is 1.47. The third kappa shape index (κ3) is 3.66. The van der Waals surface area contributed by atoms with Crippen molar-refractivity contribution in [3.63, 3.8) is 0 Å². The molecule has 0 unspecified atom stereocenters. The summed E-state index contributed by atoms with van der Waals surface area (Å²) >= 11 is 0. The van der Waals surface area contributed by atoms with E-state index in [1.54, 1.807) is 12.4 Å². The fourth-order valence-corrected chi connectivity index (χ4v) is 3.92. The predicted molar refractivity (Wildman–Crippen MR) is 104 cm³/mol. The molecule has 1 aliphatic carbocycles. The van der Waals surface area contributed by atoms with Crippen LogP contribution in [0.1, 0.15) is 51.3 Å². The Hall–Kier alpha value is -2.50. The second kappa shape index (κ2) is 6.91. The first-order valence-electron chi connectivity index (χ1n) is 9.72. The number of hydrogen-bond donors (Lipinski definition) is 0. The van der Waals surface area contributed by atoms with E-state index in [0.717, 1.165) is 55.7 Å². The zero-order valence-electron chi connectivity index (χ0n) is 16.2. The van der Waals surface area contributed by atoms with Crippen molar-refractivity contribution in [1.82, 2.24) is 15.0 Å². The van der Waals surface area contributed by atoms with Gasteiger partial charge in [-0.2, -0.15) is 0 Å². The van der Waals surface area contributed by atoms with Crippen molar-refractivity contribution in [3.05, 3.63) is 35.8 Å². The van der Waals surface area contributed by atoms with Crippen molar-refractivity contribution in [1.29, 1.82) is 0 Å². The van der Waals surface area contributed by atoms with E-state index in [9.17, 15) is 4.79 Å². The Morgan fingerprint density at radius 2 is 1.93 bits per heavy atom. The van der Waals surface area contributed by atoms with Gasteiger partial charge in [-0.3, -0.25) is 4.98 Å². The van der Waals surface area contributed by atoms with Gasteiger partial charge in [-0.05, 0) is 65.0 Å². The van der Waals surface area contributed by atoms with Crippen LogP contribution in [-0.2, 0) is 22.4 Å². The van der Waals surface area contributed by atoms with E-state index < -0.39 is 5.60 Å². The lowest BCUT2D eigenvalue weighted by atomic mass is 10.1. The van der Waals surface area contributed by atoms with Gasteiger partial charge in [0.1, 0.15) is 17.5 Å². The van der Waals surface area contributed by atoms with Gasteiger partial charge < -0.3 is 9.64 Å². The number of carbonyl (C=O) groups excluding carboxylic acids is 1. The molecule has 6 nitrogen and oxygen atoms in total. The molecule has 142 valence electrons. The van der Waals surface area contributed by atoms with Crippen molar-refractivity contribution >= 4 is 11.8 Å². The smallest absolute Gasteiger partial charge is 0.329 e. The maximum Gasteiger partial charge on any atom is 0.329 e. The molecule has 3 heterocycles. The van der Waals surface area contributed by atoms with Gasteiger partial charge in [0.05, 0.1) is 0 Å². The van der Waals surface area contributed by atoms with Crippen LogP contribution in [0.2, 0.25) is 0 Å². The number of aryl methyl sites for hydroxylation is 1. The minimum Gasteiger partial charge on any atom is -0.458 e. The average Bonchev–Trinajstić information content (AvgIpc) is 3.29. The van der Waals surface area contributed by atoms with Crippen LogP contribution in [0, 0.1) is 0 Å². The normalized spacial score (nSPS) is 19.2. The first kappa shape index (κ1) is 17.9. The molecule has 0 bridgehead atoms. The zero-order chi connectivity index (χ0) is 19.0. The molecule has 27 heavy (non-hydrogen) atoms. The highest BCUT2D eigenvalue weighted by atomic mass is 16.6. The molecule has 2 aromatic rings. The third-order valence-corrected chi connectivity index (χ3v) is 5.05. The molecule has 0 aromatic carbocycles. The average molecular weight is 366 g/mol. The summed E-state index contributed by atoms with van der Waals surface area (Å²) in [6, 6.07) is 3.58. The number of esters is 1. The van der Waals surface area contributed by atoms with Crippen LogP contribution in [0.15, 0.2) is 24.5 Å². The van der Waals surface area contributed by atoms with Gasteiger partial charge in [0.15, 0.2) is 5.82 Å². The largest absolute Gasteiger partial charge is 0.458 e. The first-order chi connectivity index (χ1) is 12.9. The molecule has 0 N–H and O–H groups in total. The van der Waals surface area contributed by atoms with Crippen LogP contribution in [0.25, 0.3) is 11.4 Å². The Balaban J connectivity index is 1.72. The van der Waals surface area contributed by atoms with Gasteiger partial charge in [0.25, 0.3) is 0 Å². The number of fused-ring (bicyclic) bond motifs is 1. The molecular formula is C21H26N4O2. The Morgan fingerprint density at radius 1 is 1.15 bits per heavy atom. The molecule has 4 rings (SSSR count). The summed E-state index contributed by atoms with van der Waals surface area (Å²) in [6.07, 6.45) is 8.30. The Morgan fingerprint density at radius 3 is 2.67 bits per heavy atom. The summed E-state index contributed by atoms with van der Waals surface area (Å²) in [5.41, 5.74) is 2.78. The highest BCUT2D eigenvalue weighted by molar-refractivity contribution is 5.81. The van der Waals surface area contributed by atoms with Gasteiger partial charge in [0.2, 0.25) is 0 Å². The highest BCUT2D eigenvalue weighted by Crippen LogP contribution is 2.35. The molecule has 0 spiro atoms. The highest BCUT2D eigenvalue weighted by Gasteiger charge is 2.37. The SMILES string of the molecule is CC(C)(C)OC(=O)[C@@H]1CCCN1c1nc(-c2ccncc2)nc2c1CCC2. The van der Waals surface area contributed by atoms with Crippen molar-refractivity contribution in [2.45, 2.75) is 64.5 Å². The second-order valence-electron chi connectivity index (χ2n) is 8.27. The van der Waals surface area contributed by atoms with Crippen LogP contribution < -0.4 is 4.90 Å². The van der Waals surface area contributed by atoms with Gasteiger partial charge in [-0.1, -0.05) is 0 Å². The van der Waals surface area contributed by atoms with E-state index in [2.05, 4.69) is 9.88 Å². The van der Waals surface area contributed by atoms with Gasteiger partial charge in [0, 0.05) is 35.8 Å². The summed E-state index contributed by atoms with van der Waals surface area (Å²) in [6.45, 7) is 6.56. The van der Waals surface area contributed by atoms with E-state index in [0.29, 0.717) is 5.82 Å². The van der Waals surface area contributed by atoms with Crippen LogP contribution in [0.4, 0.5) is 5.82 Å². The number of rotatable bonds is 3. The number of hydrogen-bond acceptors (Lipinski definition) is 6. The van der Waals surface area contributed by atoms with Crippen LogP contribution >= 0.6 is 0 Å². The lowest BCUT2D eigenvalue weighted by Gasteiger charge is -2.29. The number of aromatic nitrogens is 3. The first-order valence-corrected chi connectivity index (χ1v) is 9.72. The Labute approximate surface area is 160 Å². The quantitative estimate of drug-likeness (QED) is 0.776. The van der Waals surface area contributed by atoms with Crippen molar-refractivity contribution in [2.75, 3.05) is 11.4 Å². The number of pyridine rings is 1. The zero-order valence-corrected chi connectivity index (χ0v) is 16.2. The van der Waals surface area contributed by atoms with Crippen LogP contribution in [0.5, 0.6) is 0 Å². The fraction of sp³-hybridized carbons (Fsp3) is 0.524. The summed E-state index contributed by atoms with van der Waals surface area (Å²) in [5, 5.41) is 0. The number of carbonyl (C=O) groups is 1. The molecule has 1 aliphatic heterocycles. The lowest BCUT2D eigenvalue weighted by Crippen LogP contribution is -2.41. The van der Waals surface area contributed by atoms with Gasteiger partial charge in [-0.15, -0.1) is 0 Å². The fourth-order valence-electron chi connectivity index (χ4n) is 3.92. The van der Waals surface area contributed by atoms with Crippen molar-refractivity contribution in [2.24, 2.45) is 0 Å². The maximum atomic E-state index is 12.8. The molecule has 0 saturated carbocycles. The molecule has 6 heteroatoms. The minimum absolute atomic E-state index is 0.157. The summed E-state index contributed by atoms with van der Waals surface area (Å²) < 4.78 is 5.68. The minimum atomic E-state index is -0.485. The Kier molecular flexibility index (Phi) is 4.58. The molecule has 1 saturated heterocycles. The van der Waals surface area contributed by atoms with Crippen LogP contribution in [0.3, 0.4) is 0 Å². The summed E-state index contributed by atoms with van der Waals surface area (Å²) in [7, 11) is 0. The number of nitrogens with zero attached hydrogens (tertiary/aromatic N) is 4. The monoisotopic (exact) mass is 366 g/mol. The van der Waals surface area contributed by atoms with E-state index in [-0.39, 0.29) is 12.0 Å². The topological polar surface area (TPSA) is 68.2 Å². The summed E-state index contributed by atoms with van der Waals surface area (Å²) in [4.78, 5) is 28.7. The van der Waals surface area contributed by atoms with Gasteiger partial charge >= 0.3 is 5.97 Å². The molecule has 0 amide bonds. The Bertz CT molecular complexity index is 845. The molecule has 1 fully saturated rings. The van der Waals surface area contributed by atoms with E-state index >= 15 is 0 Å². The standard InChI is InChI=1S/C21H26N4O2/c1-21(2,3)27-20(26)17-8-5-13-25(17)19-15-6-4-7-16(15)23-18(24-19)14-9-11-22-12-10-14/h9-12,17H,4-8,13H2,1-3H3/t17-/m0/s1. The molecule has 2 aromatic heterocycles. The molecule has 2 aliphatic rings. The second-order valence-corrected chi connectivity index (χ2v) is 8.27. The molecule has 1 atom stereocenters. The van der Waals surface area contributed by atoms with Gasteiger partial charge in [-0.25, -0.2) is 14.8 Å². The third-order valence-electron chi connectivity index (χ3n) is 5.05. The van der Waals surface area contributed by atoms with Crippen molar-refractivity contribution < 1.29 is 9.53 Å². The predicted octanol–water partition coefficient (Wildman–Crippen LogP) is 3.34. The molecular weight excluding hydrogens is 340 g/mol. The van der Waals surface area contributed by atoms with E-state index in [1.165, 1.54) is 5.56 Å². The van der Waals surface area contributed by atoms with E-state index in [4.69, 9.17) is 14.7 Å². The maximum absolute atomic E-state index is 12.8.